The average Bonchev–Trinajstić information content (AvgIpc) is 2.39. The van der Waals surface area contributed by atoms with E-state index in [1.165, 1.54) is 0 Å². The zero-order valence-corrected chi connectivity index (χ0v) is 8.90. The molecule has 0 bridgehead atoms. The lowest BCUT2D eigenvalue weighted by molar-refractivity contribution is -0.148. The van der Waals surface area contributed by atoms with Gasteiger partial charge in [0.1, 0.15) is 5.41 Å². The molecule has 1 saturated carbocycles. The van der Waals surface area contributed by atoms with E-state index in [4.69, 9.17) is 5.73 Å². The fourth-order valence-corrected chi connectivity index (χ4v) is 2.38. The smallest absolute Gasteiger partial charge is 0.315 e. The molecule has 0 unspecified atom stereocenters. The topological polar surface area (TPSA) is 81.1 Å². The summed E-state index contributed by atoms with van der Waals surface area (Å²) >= 11 is 0. The Bertz CT molecular complexity index is 405. The molecule has 1 aromatic rings. The van der Waals surface area contributed by atoms with Crippen LogP contribution in [0.1, 0.15) is 24.1 Å². The number of carboxylic acid groups (broad SMARTS) is 1. The zero-order valence-electron chi connectivity index (χ0n) is 8.90. The number of hydrogen-bond donors (Lipinski definition) is 2. The molecule has 0 amide bonds. The van der Waals surface area contributed by atoms with Crippen molar-refractivity contribution < 1.29 is 9.90 Å². The highest BCUT2D eigenvalue weighted by Crippen LogP contribution is 2.43. The maximum atomic E-state index is 11.3. The predicted octanol–water partition coefficient (Wildman–Crippen LogP) is 0.172. The molecule has 2 rings (SSSR count). The molecule has 0 saturated heterocycles. The number of nitrogens with zero attached hydrogens (tertiary/aromatic N) is 2. The van der Waals surface area contributed by atoms with Crippen LogP contribution < -0.4 is 5.73 Å². The number of nitrogens with two attached hydrogens (primary N) is 1. The Kier molecular flexibility index (Phi) is 2.08. The van der Waals surface area contributed by atoms with Gasteiger partial charge in [0.25, 0.3) is 0 Å². The SMILES string of the molecule is Cc1cn(C)nc1C1(C(=O)O)CC(N)C1. The van der Waals surface area contributed by atoms with Crippen LogP contribution in [0.3, 0.4) is 0 Å². The van der Waals surface area contributed by atoms with Gasteiger partial charge in [0.2, 0.25) is 0 Å². The summed E-state index contributed by atoms with van der Waals surface area (Å²) in [5, 5.41) is 13.5. The summed E-state index contributed by atoms with van der Waals surface area (Å²) in [6, 6.07) is -0.0116. The van der Waals surface area contributed by atoms with Crippen molar-refractivity contribution in [2.45, 2.75) is 31.2 Å². The summed E-state index contributed by atoms with van der Waals surface area (Å²) in [6.07, 6.45) is 2.81. The van der Waals surface area contributed by atoms with Gasteiger partial charge >= 0.3 is 5.97 Å². The average molecular weight is 209 g/mol. The van der Waals surface area contributed by atoms with Crippen LogP contribution in [-0.2, 0) is 17.3 Å². The summed E-state index contributed by atoms with van der Waals surface area (Å²) < 4.78 is 1.65. The van der Waals surface area contributed by atoms with Crippen LogP contribution in [0.5, 0.6) is 0 Å². The van der Waals surface area contributed by atoms with Crippen LogP contribution in [0.25, 0.3) is 0 Å². The molecule has 1 heterocycles. The number of aryl methyl sites for hydroxylation is 2. The van der Waals surface area contributed by atoms with Crippen LogP contribution in [0.2, 0.25) is 0 Å². The van der Waals surface area contributed by atoms with E-state index in [2.05, 4.69) is 5.10 Å². The lowest BCUT2D eigenvalue weighted by Gasteiger charge is -2.41. The predicted molar refractivity (Wildman–Crippen MR) is 54.5 cm³/mol. The maximum Gasteiger partial charge on any atom is 0.315 e. The van der Waals surface area contributed by atoms with Crippen molar-refractivity contribution in [2.24, 2.45) is 12.8 Å². The van der Waals surface area contributed by atoms with Gasteiger partial charge < -0.3 is 10.8 Å². The molecule has 3 N–H and O–H groups in total. The number of carbonyl (C=O) groups is 1. The molecule has 82 valence electrons. The van der Waals surface area contributed by atoms with Gasteiger partial charge in [0.05, 0.1) is 5.69 Å². The number of hydrogen-bond acceptors (Lipinski definition) is 3. The Balaban J connectivity index is 2.43. The molecule has 5 nitrogen and oxygen atoms in total. The van der Waals surface area contributed by atoms with E-state index in [0.717, 1.165) is 5.56 Å². The Morgan fingerprint density at radius 1 is 1.73 bits per heavy atom. The first kappa shape index (κ1) is 10.2. The summed E-state index contributed by atoms with van der Waals surface area (Å²) in [7, 11) is 1.80. The molecular weight excluding hydrogens is 194 g/mol. The number of rotatable bonds is 2. The minimum absolute atomic E-state index is 0.0116. The minimum Gasteiger partial charge on any atom is -0.481 e. The molecule has 1 aromatic heterocycles. The minimum atomic E-state index is -0.843. The fraction of sp³-hybridized carbons (Fsp3) is 0.600. The largest absolute Gasteiger partial charge is 0.481 e. The summed E-state index contributed by atoms with van der Waals surface area (Å²) in [4.78, 5) is 11.3. The Morgan fingerprint density at radius 3 is 2.67 bits per heavy atom. The van der Waals surface area contributed by atoms with E-state index in [9.17, 15) is 9.90 Å². The second-order valence-corrected chi connectivity index (χ2v) is 4.39. The molecule has 0 radical (unpaired) electrons. The monoisotopic (exact) mass is 209 g/mol. The molecular formula is C10H15N3O2. The molecule has 0 aromatic carbocycles. The van der Waals surface area contributed by atoms with Gasteiger partial charge in [-0.05, 0) is 25.3 Å². The molecule has 0 aliphatic heterocycles. The van der Waals surface area contributed by atoms with E-state index in [1.54, 1.807) is 11.7 Å². The van der Waals surface area contributed by atoms with Crippen molar-refractivity contribution in [1.29, 1.82) is 0 Å². The van der Waals surface area contributed by atoms with E-state index in [0.29, 0.717) is 18.5 Å². The van der Waals surface area contributed by atoms with Gasteiger partial charge in [-0.15, -0.1) is 0 Å². The second kappa shape index (κ2) is 3.06. The third-order valence-corrected chi connectivity index (χ3v) is 3.10. The van der Waals surface area contributed by atoms with Crippen LogP contribution in [0, 0.1) is 6.92 Å². The van der Waals surface area contributed by atoms with Crippen LogP contribution in [0.15, 0.2) is 6.20 Å². The molecule has 15 heavy (non-hydrogen) atoms. The van der Waals surface area contributed by atoms with Gasteiger partial charge in [-0.25, -0.2) is 0 Å². The molecule has 5 heteroatoms. The van der Waals surface area contributed by atoms with E-state index in [1.807, 2.05) is 13.1 Å². The normalized spacial score (nSPS) is 29.9. The van der Waals surface area contributed by atoms with Crippen LogP contribution in [0.4, 0.5) is 0 Å². The first-order chi connectivity index (χ1) is 6.95. The van der Waals surface area contributed by atoms with Gasteiger partial charge in [0.15, 0.2) is 0 Å². The van der Waals surface area contributed by atoms with Gasteiger partial charge in [-0.1, -0.05) is 0 Å². The first-order valence-corrected chi connectivity index (χ1v) is 4.95. The van der Waals surface area contributed by atoms with Crippen LogP contribution >= 0.6 is 0 Å². The lowest BCUT2D eigenvalue weighted by atomic mass is 9.63. The summed E-state index contributed by atoms with van der Waals surface area (Å²) in [5.41, 5.74) is 6.43. The van der Waals surface area contributed by atoms with E-state index in [-0.39, 0.29) is 6.04 Å². The second-order valence-electron chi connectivity index (χ2n) is 4.39. The fourth-order valence-electron chi connectivity index (χ4n) is 2.38. The Hall–Kier alpha value is -1.36. The summed E-state index contributed by atoms with van der Waals surface area (Å²) in [6.45, 7) is 1.89. The van der Waals surface area contributed by atoms with Gasteiger partial charge in [0, 0.05) is 19.3 Å². The van der Waals surface area contributed by atoms with Crippen molar-refractivity contribution in [3.05, 3.63) is 17.5 Å². The Labute approximate surface area is 87.9 Å². The summed E-state index contributed by atoms with van der Waals surface area (Å²) in [5.74, 6) is -0.814. The highest BCUT2D eigenvalue weighted by atomic mass is 16.4. The number of carboxylic acids is 1. The van der Waals surface area contributed by atoms with Crippen molar-refractivity contribution in [2.75, 3.05) is 0 Å². The van der Waals surface area contributed by atoms with Gasteiger partial charge in [-0.3, -0.25) is 9.48 Å². The highest BCUT2D eigenvalue weighted by Gasteiger charge is 2.52. The Morgan fingerprint density at radius 2 is 2.33 bits per heavy atom. The van der Waals surface area contributed by atoms with Crippen molar-refractivity contribution in [3.63, 3.8) is 0 Å². The quantitative estimate of drug-likeness (QED) is 0.727. The van der Waals surface area contributed by atoms with Crippen LogP contribution in [-0.4, -0.2) is 26.9 Å². The highest BCUT2D eigenvalue weighted by molar-refractivity contribution is 5.82. The molecule has 0 spiro atoms. The zero-order chi connectivity index (χ0) is 11.2. The standard InChI is InChI=1S/C10H15N3O2/c1-6-5-13(2)12-8(6)10(9(14)15)3-7(11)4-10/h5,7H,3-4,11H2,1-2H3,(H,14,15). The van der Waals surface area contributed by atoms with Gasteiger partial charge in [-0.2, -0.15) is 5.10 Å². The molecule has 1 aliphatic carbocycles. The lowest BCUT2D eigenvalue weighted by Crippen LogP contribution is -2.54. The third-order valence-electron chi connectivity index (χ3n) is 3.10. The number of aliphatic carboxylic acids is 1. The first-order valence-electron chi connectivity index (χ1n) is 4.95. The molecule has 0 atom stereocenters. The molecule has 1 fully saturated rings. The van der Waals surface area contributed by atoms with Crippen molar-refractivity contribution in [3.8, 4) is 0 Å². The van der Waals surface area contributed by atoms with Crippen molar-refractivity contribution >= 4 is 5.97 Å². The molecule has 1 aliphatic rings. The van der Waals surface area contributed by atoms with E-state index < -0.39 is 11.4 Å². The van der Waals surface area contributed by atoms with Crippen molar-refractivity contribution in [1.82, 2.24) is 9.78 Å². The number of aromatic nitrogens is 2. The van der Waals surface area contributed by atoms with E-state index >= 15 is 0 Å². The third kappa shape index (κ3) is 1.34. The maximum absolute atomic E-state index is 11.3.